The molecule has 0 saturated carbocycles. The lowest BCUT2D eigenvalue weighted by Gasteiger charge is -2.15. The number of imidazole rings is 1. The first-order chi connectivity index (χ1) is 8.08. The summed E-state index contributed by atoms with van der Waals surface area (Å²) in [7, 11) is 2.00. The molecule has 1 aromatic carbocycles. The molecule has 3 nitrogen and oxygen atoms in total. The molecule has 0 bridgehead atoms. The van der Waals surface area contributed by atoms with E-state index in [4.69, 9.17) is 5.73 Å². The van der Waals surface area contributed by atoms with Crippen LogP contribution in [0.5, 0.6) is 0 Å². The zero-order valence-electron chi connectivity index (χ0n) is 10.6. The van der Waals surface area contributed by atoms with Gasteiger partial charge in [-0.25, -0.2) is 4.98 Å². The van der Waals surface area contributed by atoms with E-state index < -0.39 is 0 Å². The van der Waals surface area contributed by atoms with Crippen LogP contribution in [-0.4, -0.2) is 9.55 Å². The summed E-state index contributed by atoms with van der Waals surface area (Å²) in [5.74, 6) is 1.03. The minimum atomic E-state index is 0.0108. The van der Waals surface area contributed by atoms with Crippen molar-refractivity contribution in [1.29, 1.82) is 0 Å². The Labute approximate surface area is 102 Å². The third-order valence-electron chi connectivity index (χ3n) is 3.15. The summed E-state index contributed by atoms with van der Waals surface area (Å²) in [4.78, 5) is 4.31. The third-order valence-corrected chi connectivity index (χ3v) is 3.15. The summed E-state index contributed by atoms with van der Waals surface area (Å²) < 4.78 is 2.02. The van der Waals surface area contributed by atoms with Crippen molar-refractivity contribution >= 4 is 0 Å². The first kappa shape index (κ1) is 11.9. The minimum absolute atomic E-state index is 0.0108. The molecule has 1 aromatic heterocycles. The predicted octanol–water partition coefficient (Wildman–Crippen LogP) is 2.28. The molecule has 17 heavy (non-hydrogen) atoms. The molecule has 0 aliphatic rings. The van der Waals surface area contributed by atoms with E-state index in [0.29, 0.717) is 0 Å². The molecule has 2 N–H and O–H groups in total. The second-order valence-corrected chi connectivity index (χ2v) is 4.63. The molecule has 0 aliphatic heterocycles. The van der Waals surface area contributed by atoms with Gasteiger partial charge in [-0.15, -0.1) is 0 Å². The van der Waals surface area contributed by atoms with Gasteiger partial charge >= 0.3 is 0 Å². The largest absolute Gasteiger partial charge is 0.338 e. The van der Waals surface area contributed by atoms with Gasteiger partial charge in [-0.2, -0.15) is 0 Å². The number of benzene rings is 1. The molecule has 0 saturated heterocycles. The molecule has 3 heteroatoms. The standard InChI is InChI=1S/C14H19N3/c1-10-4-5-12(11(2)8-10)13(15)9-14-16-6-7-17(14)3/h4-8,13H,9,15H2,1-3H3. The van der Waals surface area contributed by atoms with Crippen molar-refractivity contribution in [2.24, 2.45) is 12.8 Å². The zero-order chi connectivity index (χ0) is 12.4. The molecule has 1 heterocycles. The third kappa shape index (κ3) is 2.56. The lowest BCUT2D eigenvalue weighted by molar-refractivity contribution is 0.656. The van der Waals surface area contributed by atoms with Crippen LogP contribution in [0.1, 0.15) is 28.6 Å². The van der Waals surface area contributed by atoms with E-state index in [1.807, 2.05) is 24.0 Å². The number of aryl methyl sites for hydroxylation is 3. The Bertz CT molecular complexity index is 514. The molecule has 0 aliphatic carbocycles. The smallest absolute Gasteiger partial charge is 0.110 e. The van der Waals surface area contributed by atoms with Gasteiger partial charge in [0.05, 0.1) is 0 Å². The highest BCUT2D eigenvalue weighted by Crippen LogP contribution is 2.19. The van der Waals surface area contributed by atoms with E-state index in [9.17, 15) is 0 Å². The van der Waals surface area contributed by atoms with Crippen LogP contribution in [0.4, 0.5) is 0 Å². The highest BCUT2D eigenvalue weighted by Gasteiger charge is 2.12. The molecule has 0 spiro atoms. The van der Waals surface area contributed by atoms with Gasteiger partial charge in [0.1, 0.15) is 5.82 Å². The summed E-state index contributed by atoms with van der Waals surface area (Å²) in [6.45, 7) is 4.21. The monoisotopic (exact) mass is 229 g/mol. The Kier molecular flexibility index (Phi) is 3.29. The normalized spacial score (nSPS) is 12.7. The van der Waals surface area contributed by atoms with E-state index in [2.05, 4.69) is 37.0 Å². The summed E-state index contributed by atoms with van der Waals surface area (Å²) in [5, 5.41) is 0. The van der Waals surface area contributed by atoms with Crippen LogP contribution in [0, 0.1) is 13.8 Å². The molecular formula is C14H19N3. The van der Waals surface area contributed by atoms with Gasteiger partial charge < -0.3 is 10.3 Å². The van der Waals surface area contributed by atoms with Gasteiger partial charge in [0, 0.05) is 31.9 Å². The topological polar surface area (TPSA) is 43.8 Å². The molecular weight excluding hydrogens is 210 g/mol. The average molecular weight is 229 g/mol. The fraction of sp³-hybridized carbons (Fsp3) is 0.357. The zero-order valence-corrected chi connectivity index (χ0v) is 10.6. The van der Waals surface area contributed by atoms with Crippen molar-refractivity contribution in [2.45, 2.75) is 26.3 Å². The molecule has 0 fully saturated rings. The fourth-order valence-corrected chi connectivity index (χ4v) is 2.14. The van der Waals surface area contributed by atoms with Crippen LogP contribution in [0.15, 0.2) is 30.6 Å². The Morgan fingerprint density at radius 1 is 1.35 bits per heavy atom. The van der Waals surface area contributed by atoms with Crippen LogP contribution >= 0.6 is 0 Å². The number of nitrogens with two attached hydrogens (primary N) is 1. The van der Waals surface area contributed by atoms with Crippen LogP contribution in [0.25, 0.3) is 0 Å². The number of hydrogen-bond donors (Lipinski definition) is 1. The van der Waals surface area contributed by atoms with Gasteiger partial charge in [-0.05, 0) is 25.0 Å². The second kappa shape index (κ2) is 4.72. The summed E-state index contributed by atoms with van der Waals surface area (Å²) in [6.07, 6.45) is 4.53. The predicted molar refractivity (Wildman–Crippen MR) is 69.8 cm³/mol. The van der Waals surface area contributed by atoms with Crippen molar-refractivity contribution < 1.29 is 0 Å². The van der Waals surface area contributed by atoms with E-state index in [0.717, 1.165) is 12.2 Å². The van der Waals surface area contributed by atoms with Gasteiger partial charge in [-0.3, -0.25) is 0 Å². The van der Waals surface area contributed by atoms with Gasteiger partial charge in [0.15, 0.2) is 0 Å². The molecule has 2 rings (SSSR count). The highest BCUT2D eigenvalue weighted by molar-refractivity contribution is 5.33. The molecule has 90 valence electrons. The van der Waals surface area contributed by atoms with Crippen molar-refractivity contribution in [2.75, 3.05) is 0 Å². The Hall–Kier alpha value is -1.61. The van der Waals surface area contributed by atoms with E-state index in [1.165, 1.54) is 16.7 Å². The lowest BCUT2D eigenvalue weighted by Crippen LogP contribution is -2.16. The number of aromatic nitrogens is 2. The maximum atomic E-state index is 6.25. The van der Waals surface area contributed by atoms with Crippen molar-refractivity contribution in [3.63, 3.8) is 0 Å². The maximum Gasteiger partial charge on any atom is 0.110 e. The summed E-state index contributed by atoms with van der Waals surface area (Å²) in [5.41, 5.74) is 9.99. The highest BCUT2D eigenvalue weighted by atomic mass is 15.0. The summed E-state index contributed by atoms with van der Waals surface area (Å²) in [6, 6.07) is 6.42. The van der Waals surface area contributed by atoms with Crippen molar-refractivity contribution in [1.82, 2.24) is 9.55 Å². The molecule has 0 amide bonds. The minimum Gasteiger partial charge on any atom is -0.338 e. The number of nitrogens with zero attached hydrogens (tertiary/aromatic N) is 2. The molecule has 1 atom stereocenters. The maximum absolute atomic E-state index is 6.25. The Morgan fingerprint density at radius 2 is 2.12 bits per heavy atom. The van der Waals surface area contributed by atoms with Crippen LogP contribution in [-0.2, 0) is 13.5 Å². The number of rotatable bonds is 3. The van der Waals surface area contributed by atoms with Crippen LogP contribution < -0.4 is 5.73 Å². The first-order valence-corrected chi connectivity index (χ1v) is 5.87. The molecule has 0 radical (unpaired) electrons. The van der Waals surface area contributed by atoms with Gasteiger partial charge in [0.25, 0.3) is 0 Å². The Balaban J connectivity index is 2.20. The van der Waals surface area contributed by atoms with Crippen LogP contribution in [0.3, 0.4) is 0 Å². The quantitative estimate of drug-likeness (QED) is 0.877. The van der Waals surface area contributed by atoms with Crippen LogP contribution in [0.2, 0.25) is 0 Å². The Morgan fingerprint density at radius 3 is 2.71 bits per heavy atom. The van der Waals surface area contributed by atoms with Gasteiger partial charge in [-0.1, -0.05) is 23.8 Å². The van der Waals surface area contributed by atoms with E-state index in [-0.39, 0.29) is 6.04 Å². The fourth-order valence-electron chi connectivity index (χ4n) is 2.14. The summed E-state index contributed by atoms with van der Waals surface area (Å²) >= 11 is 0. The lowest BCUT2D eigenvalue weighted by atomic mass is 9.97. The number of hydrogen-bond acceptors (Lipinski definition) is 2. The SMILES string of the molecule is Cc1ccc(C(N)Cc2nccn2C)c(C)c1. The molecule has 2 aromatic rings. The van der Waals surface area contributed by atoms with Crippen molar-refractivity contribution in [3.05, 3.63) is 53.1 Å². The first-order valence-electron chi connectivity index (χ1n) is 5.87. The molecule has 1 unspecified atom stereocenters. The second-order valence-electron chi connectivity index (χ2n) is 4.63. The van der Waals surface area contributed by atoms with Crippen molar-refractivity contribution in [3.8, 4) is 0 Å². The van der Waals surface area contributed by atoms with Gasteiger partial charge in [0.2, 0.25) is 0 Å². The van der Waals surface area contributed by atoms with E-state index in [1.54, 1.807) is 0 Å². The average Bonchev–Trinajstić information content (AvgIpc) is 2.64. The van der Waals surface area contributed by atoms with E-state index >= 15 is 0 Å².